The summed E-state index contributed by atoms with van der Waals surface area (Å²) in [4.78, 5) is 25.3. The minimum atomic E-state index is 0.120. The standard InChI is InChI=1S/C21H26ClN5O2/c1-23-21(25-15-17-6-4-8-24-20(17)29-2)27-11-9-26(10-12-27)19(28)14-16-5-3-7-18(22)13-16/h3-8,13H,9-12,14-15H2,1-2H3,(H,23,25). The molecule has 0 atom stereocenters. The van der Waals surface area contributed by atoms with Crippen molar-refractivity contribution in [2.75, 3.05) is 40.3 Å². The summed E-state index contributed by atoms with van der Waals surface area (Å²) in [7, 11) is 3.37. The third kappa shape index (κ3) is 5.60. The fourth-order valence-corrected chi connectivity index (χ4v) is 3.56. The van der Waals surface area contributed by atoms with Gasteiger partial charge in [0.05, 0.1) is 13.5 Å². The van der Waals surface area contributed by atoms with E-state index in [0.717, 1.165) is 30.2 Å². The smallest absolute Gasteiger partial charge is 0.227 e. The van der Waals surface area contributed by atoms with E-state index in [1.807, 2.05) is 41.3 Å². The van der Waals surface area contributed by atoms with Crippen molar-refractivity contribution in [1.82, 2.24) is 20.1 Å². The Kier molecular flexibility index (Phi) is 7.30. The van der Waals surface area contributed by atoms with Gasteiger partial charge in [-0.15, -0.1) is 0 Å². The van der Waals surface area contributed by atoms with Crippen LogP contribution in [-0.4, -0.2) is 67.0 Å². The molecule has 7 nitrogen and oxygen atoms in total. The Morgan fingerprint density at radius 3 is 2.66 bits per heavy atom. The number of guanidine groups is 1. The van der Waals surface area contributed by atoms with E-state index in [9.17, 15) is 4.79 Å². The molecule has 1 aliphatic heterocycles. The van der Waals surface area contributed by atoms with Crippen LogP contribution in [0, 0.1) is 0 Å². The molecule has 1 N–H and O–H groups in total. The van der Waals surface area contributed by atoms with Crippen molar-refractivity contribution in [3.63, 3.8) is 0 Å². The minimum Gasteiger partial charge on any atom is -0.481 e. The van der Waals surface area contributed by atoms with Crippen molar-refractivity contribution >= 4 is 23.5 Å². The zero-order chi connectivity index (χ0) is 20.6. The molecule has 0 radical (unpaired) electrons. The Bertz CT molecular complexity index is 866. The second-order valence-corrected chi connectivity index (χ2v) is 7.18. The molecular formula is C21H26ClN5O2. The lowest BCUT2D eigenvalue weighted by atomic mass is 10.1. The Balaban J connectivity index is 1.51. The largest absolute Gasteiger partial charge is 0.481 e. The maximum absolute atomic E-state index is 12.6. The number of aromatic nitrogens is 1. The maximum atomic E-state index is 12.6. The molecule has 0 aliphatic carbocycles. The van der Waals surface area contributed by atoms with Crippen molar-refractivity contribution in [3.05, 3.63) is 58.7 Å². The van der Waals surface area contributed by atoms with Gasteiger partial charge in [0, 0.05) is 56.6 Å². The normalized spacial score (nSPS) is 14.7. The van der Waals surface area contributed by atoms with Crippen molar-refractivity contribution in [3.8, 4) is 5.88 Å². The molecule has 3 rings (SSSR count). The van der Waals surface area contributed by atoms with E-state index in [0.29, 0.717) is 37.0 Å². The van der Waals surface area contributed by atoms with Gasteiger partial charge in [0.1, 0.15) is 0 Å². The number of nitrogens with zero attached hydrogens (tertiary/aromatic N) is 4. The predicted octanol–water partition coefficient (Wildman–Crippen LogP) is 2.21. The first-order chi connectivity index (χ1) is 14.1. The zero-order valence-electron chi connectivity index (χ0n) is 16.8. The summed E-state index contributed by atoms with van der Waals surface area (Å²) in [6, 6.07) is 11.3. The number of hydrogen-bond donors (Lipinski definition) is 1. The third-order valence-electron chi connectivity index (χ3n) is 4.87. The second kappa shape index (κ2) is 10.1. The third-order valence-corrected chi connectivity index (χ3v) is 5.10. The molecule has 2 heterocycles. The highest BCUT2D eigenvalue weighted by Crippen LogP contribution is 2.14. The minimum absolute atomic E-state index is 0.120. The fraction of sp³-hybridized carbons (Fsp3) is 0.381. The number of benzene rings is 1. The summed E-state index contributed by atoms with van der Waals surface area (Å²) in [6.45, 7) is 3.35. The van der Waals surface area contributed by atoms with Crippen LogP contribution in [0.1, 0.15) is 11.1 Å². The number of pyridine rings is 1. The van der Waals surface area contributed by atoms with Crippen LogP contribution in [0.4, 0.5) is 0 Å². The number of ether oxygens (including phenoxy) is 1. The fourth-order valence-electron chi connectivity index (χ4n) is 3.35. The SMILES string of the molecule is CN=C(NCc1cccnc1OC)N1CCN(C(=O)Cc2cccc(Cl)c2)CC1. The van der Waals surface area contributed by atoms with Crippen LogP contribution in [0.15, 0.2) is 47.6 Å². The highest BCUT2D eigenvalue weighted by Gasteiger charge is 2.23. The number of methoxy groups -OCH3 is 1. The number of nitrogens with one attached hydrogen (secondary N) is 1. The highest BCUT2D eigenvalue weighted by atomic mass is 35.5. The lowest BCUT2D eigenvalue weighted by molar-refractivity contribution is -0.131. The Morgan fingerprint density at radius 2 is 1.97 bits per heavy atom. The molecule has 2 aromatic rings. The van der Waals surface area contributed by atoms with Crippen LogP contribution in [0.2, 0.25) is 5.02 Å². The molecule has 1 aromatic carbocycles. The molecule has 1 saturated heterocycles. The van der Waals surface area contributed by atoms with Crippen LogP contribution in [0.3, 0.4) is 0 Å². The highest BCUT2D eigenvalue weighted by molar-refractivity contribution is 6.30. The van der Waals surface area contributed by atoms with Gasteiger partial charge in [-0.25, -0.2) is 4.98 Å². The van der Waals surface area contributed by atoms with E-state index < -0.39 is 0 Å². The van der Waals surface area contributed by atoms with Gasteiger partial charge in [0.25, 0.3) is 0 Å². The Hall–Kier alpha value is -2.80. The molecule has 154 valence electrons. The van der Waals surface area contributed by atoms with E-state index >= 15 is 0 Å². The van der Waals surface area contributed by atoms with E-state index in [1.165, 1.54) is 0 Å². The Morgan fingerprint density at radius 1 is 1.21 bits per heavy atom. The van der Waals surface area contributed by atoms with E-state index in [4.69, 9.17) is 16.3 Å². The molecule has 0 spiro atoms. The van der Waals surface area contributed by atoms with Gasteiger partial charge < -0.3 is 19.9 Å². The number of piperazine rings is 1. The molecule has 0 bridgehead atoms. The first-order valence-electron chi connectivity index (χ1n) is 9.56. The van der Waals surface area contributed by atoms with Crippen LogP contribution in [0.25, 0.3) is 0 Å². The summed E-state index contributed by atoms with van der Waals surface area (Å²) in [6.07, 6.45) is 2.07. The first-order valence-corrected chi connectivity index (χ1v) is 9.94. The summed E-state index contributed by atoms with van der Waals surface area (Å²) in [5.41, 5.74) is 1.90. The van der Waals surface area contributed by atoms with E-state index in [-0.39, 0.29) is 5.91 Å². The average Bonchev–Trinajstić information content (AvgIpc) is 2.75. The molecule has 0 saturated carbocycles. The number of rotatable bonds is 5. The van der Waals surface area contributed by atoms with Gasteiger partial charge in [-0.3, -0.25) is 9.79 Å². The molecule has 29 heavy (non-hydrogen) atoms. The number of halogens is 1. The maximum Gasteiger partial charge on any atom is 0.227 e. The van der Waals surface area contributed by atoms with Gasteiger partial charge in [0.15, 0.2) is 5.96 Å². The predicted molar refractivity (Wildman–Crippen MR) is 114 cm³/mol. The second-order valence-electron chi connectivity index (χ2n) is 6.75. The summed E-state index contributed by atoms with van der Waals surface area (Å²) >= 11 is 6.01. The van der Waals surface area contributed by atoms with E-state index in [2.05, 4.69) is 20.2 Å². The van der Waals surface area contributed by atoms with Crippen LogP contribution < -0.4 is 10.1 Å². The lowest BCUT2D eigenvalue weighted by Gasteiger charge is -2.36. The zero-order valence-corrected chi connectivity index (χ0v) is 17.5. The monoisotopic (exact) mass is 415 g/mol. The molecule has 8 heteroatoms. The van der Waals surface area contributed by atoms with Crippen LogP contribution >= 0.6 is 11.6 Å². The number of carbonyl (C=O) groups excluding carboxylic acids is 1. The van der Waals surface area contributed by atoms with Crippen molar-refractivity contribution in [2.45, 2.75) is 13.0 Å². The van der Waals surface area contributed by atoms with Gasteiger partial charge in [-0.1, -0.05) is 29.8 Å². The van der Waals surface area contributed by atoms with Crippen LogP contribution in [0.5, 0.6) is 5.88 Å². The quantitative estimate of drug-likeness (QED) is 0.599. The van der Waals surface area contributed by atoms with E-state index in [1.54, 1.807) is 20.4 Å². The summed E-state index contributed by atoms with van der Waals surface area (Å²) in [5.74, 6) is 1.53. The van der Waals surface area contributed by atoms with Gasteiger partial charge in [0.2, 0.25) is 11.8 Å². The molecule has 1 aliphatic rings. The molecule has 1 amide bonds. The molecular weight excluding hydrogens is 390 g/mol. The first kappa shape index (κ1) is 20.9. The summed E-state index contributed by atoms with van der Waals surface area (Å²) in [5, 5.41) is 4.01. The molecule has 1 fully saturated rings. The van der Waals surface area contributed by atoms with Gasteiger partial charge >= 0.3 is 0 Å². The molecule has 0 unspecified atom stereocenters. The van der Waals surface area contributed by atoms with Gasteiger partial charge in [-0.05, 0) is 23.8 Å². The topological polar surface area (TPSA) is 70.1 Å². The number of aliphatic imine (C=N–C) groups is 1. The van der Waals surface area contributed by atoms with Gasteiger partial charge in [-0.2, -0.15) is 0 Å². The summed E-state index contributed by atoms with van der Waals surface area (Å²) < 4.78 is 5.30. The number of amides is 1. The van der Waals surface area contributed by atoms with Crippen molar-refractivity contribution in [1.29, 1.82) is 0 Å². The number of carbonyl (C=O) groups is 1. The molecule has 1 aromatic heterocycles. The Labute approximate surface area is 176 Å². The van der Waals surface area contributed by atoms with Crippen molar-refractivity contribution in [2.24, 2.45) is 4.99 Å². The lowest BCUT2D eigenvalue weighted by Crippen LogP contribution is -2.53. The number of hydrogen-bond acceptors (Lipinski definition) is 4. The average molecular weight is 416 g/mol. The van der Waals surface area contributed by atoms with Crippen LogP contribution in [-0.2, 0) is 17.8 Å². The van der Waals surface area contributed by atoms with Crippen molar-refractivity contribution < 1.29 is 9.53 Å².